The van der Waals surface area contributed by atoms with Crippen molar-refractivity contribution in [3.05, 3.63) is 102 Å². The van der Waals surface area contributed by atoms with Crippen molar-refractivity contribution in [2.75, 3.05) is 5.32 Å². The number of furan rings is 1. The number of hydrogen-bond acceptors (Lipinski definition) is 4. The number of benzene rings is 3. The fourth-order valence-corrected chi connectivity index (χ4v) is 3.96. The normalized spacial score (nSPS) is 15.4. The van der Waals surface area contributed by atoms with Crippen LogP contribution >= 0.6 is 0 Å². The molecule has 6 nitrogen and oxygen atoms in total. The zero-order chi connectivity index (χ0) is 20.8. The molecule has 1 amide bonds. The Hall–Kier alpha value is -4.32. The Morgan fingerprint density at radius 3 is 2.52 bits per heavy atom. The van der Waals surface area contributed by atoms with Crippen molar-refractivity contribution in [3.8, 4) is 17.1 Å². The lowest BCUT2D eigenvalue weighted by molar-refractivity contribution is 0.0936. The van der Waals surface area contributed by atoms with Gasteiger partial charge in [0.1, 0.15) is 17.4 Å². The quantitative estimate of drug-likeness (QED) is 0.435. The molecule has 0 fully saturated rings. The summed E-state index contributed by atoms with van der Waals surface area (Å²) in [7, 11) is 0. The van der Waals surface area contributed by atoms with Gasteiger partial charge in [-0.1, -0.05) is 48.5 Å². The van der Waals surface area contributed by atoms with Crippen molar-refractivity contribution >= 4 is 22.6 Å². The van der Waals surface area contributed by atoms with Crippen LogP contribution in [0.4, 0.5) is 5.69 Å². The van der Waals surface area contributed by atoms with Crippen LogP contribution in [-0.4, -0.2) is 15.7 Å². The Labute approximate surface area is 178 Å². The molecule has 0 saturated heterocycles. The van der Waals surface area contributed by atoms with Crippen LogP contribution in [0.5, 0.6) is 0 Å². The van der Waals surface area contributed by atoms with Gasteiger partial charge in [-0.3, -0.25) is 4.79 Å². The lowest BCUT2D eigenvalue weighted by Gasteiger charge is -2.27. The highest BCUT2D eigenvalue weighted by atomic mass is 16.3. The standard InChI is InChI=1S/C25H18N4O2/c30-25-18-11-5-6-12-20(18)26-24(27-25)19-15-29(17-9-2-1-3-10-17)28-23(19)22-14-16-8-4-7-13-21(16)31-22/h1-15,24,26H,(H,27,30)/t24-/m0/s1. The molecule has 1 aliphatic heterocycles. The largest absolute Gasteiger partial charge is 0.454 e. The van der Waals surface area contributed by atoms with Crippen LogP contribution in [0.3, 0.4) is 0 Å². The second kappa shape index (κ2) is 6.88. The fourth-order valence-electron chi connectivity index (χ4n) is 3.96. The summed E-state index contributed by atoms with van der Waals surface area (Å²) in [6.45, 7) is 0. The second-order valence-electron chi connectivity index (χ2n) is 7.46. The minimum atomic E-state index is -0.442. The minimum absolute atomic E-state index is 0.123. The molecular formula is C25H18N4O2. The summed E-state index contributed by atoms with van der Waals surface area (Å²) in [5.41, 5.74) is 4.64. The number of fused-ring (bicyclic) bond motifs is 2. The van der Waals surface area contributed by atoms with E-state index in [1.807, 2.05) is 89.7 Å². The van der Waals surface area contributed by atoms with E-state index in [1.54, 1.807) is 6.07 Å². The maximum atomic E-state index is 12.7. The summed E-state index contributed by atoms with van der Waals surface area (Å²) in [5, 5.41) is 12.3. The molecule has 6 rings (SSSR count). The fraction of sp³-hybridized carbons (Fsp3) is 0.0400. The number of carbonyl (C=O) groups is 1. The molecule has 2 N–H and O–H groups in total. The second-order valence-corrected chi connectivity index (χ2v) is 7.46. The van der Waals surface area contributed by atoms with Gasteiger partial charge in [-0.25, -0.2) is 4.68 Å². The third-order valence-electron chi connectivity index (χ3n) is 5.48. The lowest BCUT2D eigenvalue weighted by Crippen LogP contribution is -2.38. The maximum Gasteiger partial charge on any atom is 0.255 e. The summed E-state index contributed by atoms with van der Waals surface area (Å²) >= 11 is 0. The van der Waals surface area contributed by atoms with Gasteiger partial charge in [0.15, 0.2) is 5.76 Å². The molecule has 0 radical (unpaired) electrons. The van der Waals surface area contributed by atoms with E-state index in [2.05, 4.69) is 10.6 Å². The van der Waals surface area contributed by atoms with Gasteiger partial charge in [-0.2, -0.15) is 5.10 Å². The minimum Gasteiger partial charge on any atom is -0.454 e. The molecule has 0 bridgehead atoms. The Kier molecular flexibility index (Phi) is 3.89. The third kappa shape index (κ3) is 2.97. The average Bonchev–Trinajstić information content (AvgIpc) is 3.44. The third-order valence-corrected chi connectivity index (χ3v) is 5.48. The van der Waals surface area contributed by atoms with Gasteiger partial charge in [0, 0.05) is 22.8 Å². The van der Waals surface area contributed by atoms with Crippen molar-refractivity contribution in [2.24, 2.45) is 0 Å². The number of amides is 1. The van der Waals surface area contributed by atoms with Gasteiger partial charge >= 0.3 is 0 Å². The Morgan fingerprint density at radius 1 is 0.871 bits per heavy atom. The predicted octanol–water partition coefficient (Wildman–Crippen LogP) is 5.14. The molecule has 150 valence electrons. The van der Waals surface area contributed by atoms with E-state index in [4.69, 9.17) is 9.52 Å². The molecule has 0 saturated carbocycles. The first-order valence-electron chi connectivity index (χ1n) is 10.1. The van der Waals surface area contributed by atoms with Crippen molar-refractivity contribution in [3.63, 3.8) is 0 Å². The number of aromatic nitrogens is 2. The van der Waals surface area contributed by atoms with Crippen molar-refractivity contribution < 1.29 is 9.21 Å². The highest BCUT2D eigenvalue weighted by Crippen LogP contribution is 2.35. The number of nitrogens with one attached hydrogen (secondary N) is 2. The Balaban J connectivity index is 1.50. The molecule has 0 aliphatic carbocycles. The molecule has 1 atom stereocenters. The number of anilines is 1. The van der Waals surface area contributed by atoms with Gasteiger partial charge < -0.3 is 15.1 Å². The van der Waals surface area contributed by atoms with Crippen molar-refractivity contribution in [1.82, 2.24) is 15.1 Å². The van der Waals surface area contributed by atoms with Gasteiger partial charge in [-0.05, 0) is 36.4 Å². The van der Waals surface area contributed by atoms with Gasteiger partial charge in [0.25, 0.3) is 5.91 Å². The topological polar surface area (TPSA) is 72.1 Å². The first-order chi connectivity index (χ1) is 15.3. The SMILES string of the molecule is O=C1N[C@@H](c2cn(-c3ccccc3)nc2-c2cc3ccccc3o2)Nc2ccccc21. The molecule has 31 heavy (non-hydrogen) atoms. The smallest absolute Gasteiger partial charge is 0.255 e. The van der Waals surface area contributed by atoms with Gasteiger partial charge in [0.2, 0.25) is 0 Å². The lowest BCUT2D eigenvalue weighted by atomic mass is 10.1. The van der Waals surface area contributed by atoms with Crippen LogP contribution < -0.4 is 10.6 Å². The number of rotatable bonds is 3. The van der Waals surface area contributed by atoms with E-state index >= 15 is 0 Å². The molecule has 5 aromatic rings. The van der Waals surface area contributed by atoms with Crippen molar-refractivity contribution in [1.29, 1.82) is 0 Å². The monoisotopic (exact) mass is 406 g/mol. The van der Waals surface area contributed by atoms with E-state index < -0.39 is 6.17 Å². The van der Waals surface area contributed by atoms with E-state index in [9.17, 15) is 4.79 Å². The molecule has 3 aromatic carbocycles. The van der Waals surface area contributed by atoms with Crippen LogP contribution in [0.2, 0.25) is 0 Å². The van der Waals surface area contributed by atoms with Crippen LogP contribution in [0.25, 0.3) is 28.1 Å². The molecule has 2 aromatic heterocycles. The highest BCUT2D eigenvalue weighted by molar-refractivity contribution is 6.01. The zero-order valence-corrected chi connectivity index (χ0v) is 16.4. The van der Waals surface area contributed by atoms with Crippen LogP contribution in [-0.2, 0) is 0 Å². The van der Waals surface area contributed by atoms with Crippen molar-refractivity contribution in [2.45, 2.75) is 6.17 Å². The van der Waals surface area contributed by atoms with Crippen LogP contribution in [0.1, 0.15) is 22.1 Å². The zero-order valence-electron chi connectivity index (χ0n) is 16.4. The van der Waals surface area contributed by atoms with E-state index in [0.717, 1.165) is 27.9 Å². The summed E-state index contributed by atoms with van der Waals surface area (Å²) in [4.78, 5) is 12.7. The van der Waals surface area contributed by atoms with Crippen LogP contribution in [0, 0.1) is 0 Å². The molecule has 3 heterocycles. The molecule has 0 spiro atoms. The summed E-state index contributed by atoms with van der Waals surface area (Å²) in [6.07, 6.45) is 1.49. The van der Waals surface area contributed by atoms with Crippen LogP contribution in [0.15, 0.2) is 95.5 Å². The number of carbonyl (C=O) groups excluding carboxylic acids is 1. The van der Waals surface area contributed by atoms with E-state index in [1.165, 1.54) is 0 Å². The highest BCUT2D eigenvalue weighted by Gasteiger charge is 2.29. The van der Waals surface area contributed by atoms with E-state index in [-0.39, 0.29) is 5.91 Å². The van der Waals surface area contributed by atoms with Gasteiger partial charge in [-0.15, -0.1) is 0 Å². The number of para-hydroxylation sites is 3. The predicted molar refractivity (Wildman–Crippen MR) is 119 cm³/mol. The Bertz CT molecular complexity index is 1390. The average molecular weight is 406 g/mol. The molecule has 1 aliphatic rings. The first kappa shape index (κ1) is 17.5. The number of hydrogen-bond donors (Lipinski definition) is 2. The summed E-state index contributed by atoms with van der Waals surface area (Å²) in [5.74, 6) is 0.531. The van der Waals surface area contributed by atoms with E-state index in [0.29, 0.717) is 17.0 Å². The summed E-state index contributed by atoms with van der Waals surface area (Å²) < 4.78 is 7.93. The summed E-state index contributed by atoms with van der Waals surface area (Å²) in [6, 6.07) is 27.2. The Morgan fingerprint density at radius 2 is 1.65 bits per heavy atom. The maximum absolute atomic E-state index is 12.7. The molecule has 0 unspecified atom stereocenters. The molecular weight excluding hydrogens is 388 g/mol. The van der Waals surface area contributed by atoms with Gasteiger partial charge in [0.05, 0.1) is 11.3 Å². The first-order valence-corrected chi connectivity index (χ1v) is 10.1. The number of nitrogens with zero attached hydrogens (tertiary/aromatic N) is 2. The molecule has 6 heteroatoms.